The molecule has 6 heteroatoms. The van der Waals surface area contributed by atoms with E-state index in [4.69, 9.17) is 10.5 Å². The van der Waals surface area contributed by atoms with Crippen LogP contribution in [0.1, 0.15) is 17.3 Å². The van der Waals surface area contributed by atoms with Crippen molar-refractivity contribution in [2.75, 3.05) is 12.3 Å². The molecule has 0 unspecified atom stereocenters. The Morgan fingerprint density at radius 3 is 3.12 bits per heavy atom. The molecule has 2 rings (SSSR count). The zero-order valence-electron chi connectivity index (χ0n) is 8.49. The van der Waals surface area contributed by atoms with Crippen LogP contribution in [0, 0.1) is 6.07 Å². The fourth-order valence-electron chi connectivity index (χ4n) is 1.21. The summed E-state index contributed by atoms with van der Waals surface area (Å²) in [5, 5.41) is 0.486. The van der Waals surface area contributed by atoms with E-state index in [2.05, 4.69) is 11.1 Å². The Hall–Kier alpha value is -0.958. The number of aromatic nitrogens is 1. The first-order valence-electron chi connectivity index (χ1n) is 4.45. The Bertz CT molecular complexity index is 512. The van der Waals surface area contributed by atoms with E-state index < -0.39 is 0 Å². The van der Waals surface area contributed by atoms with E-state index in [0.29, 0.717) is 17.3 Å². The molecule has 1 heterocycles. The maximum Gasteiger partial charge on any atom is 0.250 e. The third-order valence-corrected chi connectivity index (χ3v) is 2.68. The van der Waals surface area contributed by atoms with Gasteiger partial charge in [-0.1, -0.05) is 5.56 Å². The predicted molar refractivity (Wildman–Crippen MR) is 58.8 cm³/mol. The topological polar surface area (TPSA) is 65.2 Å². The molecule has 1 radical (unpaired) electrons. The number of carbonyl (C=O) groups is 1. The van der Waals surface area contributed by atoms with Crippen molar-refractivity contribution >= 4 is 32.7 Å². The average molecular weight is 407 g/mol. The molecule has 0 saturated carbocycles. The van der Waals surface area contributed by atoms with Gasteiger partial charge in [0.05, 0.1) is 6.61 Å². The van der Waals surface area contributed by atoms with Crippen molar-refractivity contribution in [3.05, 3.63) is 23.8 Å². The van der Waals surface area contributed by atoms with E-state index in [1.807, 2.05) is 0 Å². The molecule has 85 valence electrons. The average Bonchev–Trinajstić information content (AvgIpc) is 2.57. The molecule has 2 aromatic rings. The molecule has 0 atom stereocenters. The van der Waals surface area contributed by atoms with Gasteiger partial charge in [0, 0.05) is 25.9 Å². The van der Waals surface area contributed by atoms with Crippen LogP contribution < -0.4 is 5.73 Å². The van der Waals surface area contributed by atoms with Crippen LogP contribution in [0.5, 0.6) is 0 Å². The summed E-state index contributed by atoms with van der Waals surface area (Å²) in [6, 6.07) is 6.17. The molecule has 2 N–H and O–H groups in total. The summed E-state index contributed by atoms with van der Waals surface area (Å²) in [6.07, 6.45) is 0. The summed E-state index contributed by atoms with van der Waals surface area (Å²) in [5.41, 5.74) is 6.72. The van der Waals surface area contributed by atoms with E-state index in [1.54, 1.807) is 19.1 Å². The number of carbonyl (C=O) groups excluding carboxylic acids is 1. The Morgan fingerprint density at radius 1 is 1.69 bits per heavy atom. The standard InChI is InChI=1S/C10H9N2O2S.Re/c1-2-14-9(13)6-3-4-7-8(5-6)15-10(11)12-7;/h4-5H,2H2,1H3,(H2,11,12);/q-1;. The van der Waals surface area contributed by atoms with Crippen LogP contribution in [-0.4, -0.2) is 17.6 Å². The monoisotopic (exact) mass is 408 g/mol. The van der Waals surface area contributed by atoms with Gasteiger partial charge >= 0.3 is 0 Å². The van der Waals surface area contributed by atoms with Gasteiger partial charge in [0.15, 0.2) is 5.13 Å². The molecular weight excluding hydrogens is 398 g/mol. The first kappa shape index (κ1) is 13.1. The van der Waals surface area contributed by atoms with Crippen molar-refractivity contribution in [2.24, 2.45) is 0 Å². The number of fused-ring (bicyclic) bond motifs is 1. The minimum atomic E-state index is -0.369. The third-order valence-electron chi connectivity index (χ3n) is 1.83. The molecule has 0 aliphatic carbocycles. The van der Waals surface area contributed by atoms with Crippen molar-refractivity contribution in [2.45, 2.75) is 6.92 Å². The number of nitrogens with two attached hydrogens (primary N) is 1. The first-order valence-corrected chi connectivity index (χ1v) is 5.27. The number of thiazole rings is 1. The second-order valence-corrected chi connectivity index (χ2v) is 3.93. The van der Waals surface area contributed by atoms with Crippen molar-refractivity contribution in [1.29, 1.82) is 0 Å². The number of nitrogens with zero attached hydrogens (tertiary/aromatic N) is 1. The minimum absolute atomic E-state index is 0. The second kappa shape index (κ2) is 5.39. The molecule has 0 bridgehead atoms. The Labute approximate surface area is 110 Å². The van der Waals surface area contributed by atoms with Crippen LogP contribution in [0.3, 0.4) is 0 Å². The zero-order valence-corrected chi connectivity index (χ0v) is 12.0. The number of benzene rings is 1. The Balaban J connectivity index is 0.00000128. The summed E-state index contributed by atoms with van der Waals surface area (Å²) in [4.78, 5) is 15.5. The predicted octanol–water partition coefficient (Wildman–Crippen LogP) is 1.85. The number of hydrogen-bond donors (Lipinski definition) is 1. The minimum Gasteiger partial charge on any atom is -0.506 e. The number of esters is 1. The van der Waals surface area contributed by atoms with E-state index in [-0.39, 0.29) is 26.4 Å². The fraction of sp³-hybridized carbons (Fsp3) is 0.200. The van der Waals surface area contributed by atoms with Gasteiger partial charge in [0.2, 0.25) is 5.97 Å². The Morgan fingerprint density at radius 2 is 2.44 bits per heavy atom. The summed E-state index contributed by atoms with van der Waals surface area (Å²) in [6.45, 7) is 2.12. The van der Waals surface area contributed by atoms with Gasteiger partial charge in [-0.05, 0) is 11.6 Å². The maximum absolute atomic E-state index is 11.4. The third kappa shape index (κ3) is 2.59. The molecular formula is C10H9N2O2ReS-. The van der Waals surface area contributed by atoms with Gasteiger partial charge in [0.25, 0.3) is 0 Å². The van der Waals surface area contributed by atoms with Gasteiger partial charge in [-0.3, -0.25) is 4.98 Å². The molecule has 0 fully saturated rings. The van der Waals surface area contributed by atoms with Crippen LogP contribution >= 0.6 is 11.3 Å². The van der Waals surface area contributed by atoms with Crippen LogP contribution in [0.15, 0.2) is 12.1 Å². The fourth-order valence-corrected chi connectivity index (χ4v) is 1.97. The van der Waals surface area contributed by atoms with Crippen LogP contribution in [0.2, 0.25) is 0 Å². The molecule has 4 nitrogen and oxygen atoms in total. The molecule has 0 saturated heterocycles. The van der Waals surface area contributed by atoms with E-state index in [1.165, 1.54) is 11.3 Å². The van der Waals surface area contributed by atoms with Gasteiger partial charge in [-0.2, -0.15) is 0 Å². The normalized spacial score (nSPS) is 9.81. The quantitative estimate of drug-likeness (QED) is 0.610. The summed E-state index contributed by atoms with van der Waals surface area (Å²) < 4.78 is 5.74. The van der Waals surface area contributed by atoms with E-state index in [0.717, 1.165) is 10.2 Å². The molecule has 0 spiro atoms. The zero-order chi connectivity index (χ0) is 10.8. The smallest absolute Gasteiger partial charge is 0.250 e. The molecule has 0 aliphatic heterocycles. The summed E-state index contributed by atoms with van der Waals surface area (Å²) in [7, 11) is 0. The van der Waals surface area contributed by atoms with Crippen molar-refractivity contribution in [3.8, 4) is 0 Å². The largest absolute Gasteiger partial charge is 0.506 e. The van der Waals surface area contributed by atoms with Crippen LogP contribution in [0.25, 0.3) is 10.2 Å². The number of nitrogen functional groups attached to an aromatic ring is 1. The van der Waals surface area contributed by atoms with E-state index >= 15 is 0 Å². The molecule has 1 aromatic carbocycles. The first-order chi connectivity index (χ1) is 7.20. The molecule has 1 aromatic heterocycles. The van der Waals surface area contributed by atoms with Gasteiger partial charge in [0.1, 0.15) is 0 Å². The SMILES string of the molecule is CCOC(=O)c1[c-]cc2nc(N)sc2c1.[Re]. The molecule has 0 amide bonds. The van der Waals surface area contributed by atoms with Crippen LogP contribution in [0.4, 0.5) is 5.13 Å². The number of rotatable bonds is 2. The summed E-state index contributed by atoms with van der Waals surface area (Å²) >= 11 is 1.34. The van der Waals surface area contributed by atoms with Crippen molar-refractivity contribution < 1.29 is 30.0 Å². The van der Waals surface area contributed by atoms with Crippen LogP contribution in [-0.2, 0) is 25.2 Å². The number of ether oxygens (including phenoxy) is 1. The van der Waals surface area contributed by atoms with Crippen molar-refractivity contribution in [3.63, 3.8) is 0 Å². The number of anilines is 1. The number of hydrogen-bond acceptors (Lipinski definition) is 5. The van der Waals surface area contributed by atoms with Crippen molar-refractivity contribution in [1.82, 2.24) is 4.98 Å². The molecule has 16 heavy (non-hydrogen) atoms. The van der Waals surface area contributed by atoms with Gasteiger partial charge in [-0.25, -0.2) is 0 Å². The van der Waals surface area contributed by atoms with Gasteiger partial charge in [-0.15, -0.1) is 29.5 Å². The summed E-state index contributed by atoms with van der Waals surface area (Å²) in [5.74, 6) is -0.369. The van der Waals surface area contributed by atoms with E-state index in [9.17, 15) is 4.79 Å². The van der Waals surface area contributed by atoms with Gasteiger partial charge < -0.3 is 15.3 Å². The second-order valence-electron chi connectivity index (χ2n) is 2.87. The molecule has 0 aliphatic rings. The Kier molecular flexibility index (Phi) is 4.42. The maximum atomic E-state index is 11.4.